The normalized spacial score (nSPS) is 16.7. The highest BCUT2D eigenvalue weighted by molar-refractivity contribution is 7.10. The van der Waals surface area contributed by atoms with Gasteiger partial charge in [-0.15, -0.1) is 11.3 Å². The fourth-order valence-electron chi connectivity index (χ4n) is 2.73. The summed E-state index contributed by atoms with van der Waals surface area (Å²) in [6.07, 6.45) is 8.38. The zero-order valence-electron chi connectivity index (χ0n) is 11.3. The van der Waals surface area contributed by atoms with Gasteiger partial charge >= 0.3 is 5.97 Å². The molecule has 4 heteroatoms. The predicted octanol–water partition coefficient (Wildman–Crippen LogP) is 3.47. The maximum Gasteiger partial charge on any atom is 0.328 e. The number of thiophene rings is 1. The van der Waals surface area contributed by atoms with Crippen LogP contribution in [-0.4, -0.2) is 29.6 Å². The van der Waals surface area contributed by atoms with E-state index in [0.29, 0.717) is 0 Å². The Morgan fingerprint density at radius 2 is 2.26 bits per heavy atom. The quantitative estimate of drug-likeness (QED) is 0.811. The molecule has 1 saturated carbocycles. The first kappa shape index (κ1) is 14.3. The molecule has 1 aromatic rings. The second-order valence-electron chi connectivity index (χ2n) is 5.32. The fourth-order valence-corrected chi connectivity index (χ4v) is 3.68. The standard InChI is InChI=1S/C15H21NO2S/c1-16(10-12-4-2-3-5-12)11-14-13(8-9-19-14)6-7-15(17)18/h6-9,12H,2-5,10-11H2,1H3,(H,17,18)/b7-6+. The van der Waals surface area contributed by atoms with Gasteiger partial charge in [0.25, 0.3) is 0 Å². The maximum absolute atomic E-state index is 10.6. The minimum absolute atomic E-state index is 0.850. The largest absolute Gasteiger partial charge is 0.478 e. The van der Waals surface area contributed by atoms with Gasteiger partial charge in [0, 0.05) is 24.0 Å². The van der Waals surface area contributed by atoms with E-state index in [2.05, 4.69) is 11.9 Å². The van der Waals surface area contributed by atoms with Gasteiger partial charge < -0.3 is 10.0 Å². The molecule has 0 spiro atoms. The van der Waals surface area contributed by atoms with Crippen LogP contribution in [0.1, 0.15) is 36.1 Å². The van der Waals surface area contributed by atoms with Crippen molar-refractivity contribution in [3.8, 4) is 0 Å². The molecular formula is C15H21NO2S. The predicted molar refractivity (Wildman–Crippen MR) is 79.3 cm³/mol. The summed E-state index contributed by atoms with van der Waals surface area (Å²) in [4.78, 5) is 14.2. The summed E-state index contributed by atoms with van der Waals surface area (Å²) in [7, 11) is 2.16. The van der Waals surface area contributed by atoms with E-state index >= 15 is 0 Å². The van der Waals surface area contributed by atoms with Crippen molar-refractivity contribution in [3.63, 3.8) is 0 Å². The van der Waals surface area contributed by atoms with Gasteiger partial charge in [0.05, 0.1) is 0 Å². The lowest BCUT2D eigenvalue weighted by atomic mass is 10.1. The van der Waals surface area contributed by atoms with E-state index in [9.17, 15) is 4.79 Å². The van der Waals surface area contributed by atoms with Crippen molar-refractivity contribution >= 4 is 23.4 Å². The van der Waals surface area contributed by atoms with Crippen molar-refractivity contribution in [2.24, 2.45) is 5.92 Å². The van der Waals surface area contributed by atoms with Gasteiger partial charge in [-0.1, -0.05) is 12.8 Å². The first-order valence-electron chi connectivity index (χ1n) is 6.81. The molecule has 0 amide bonds. The Balaban J connectivity index is 1.91. The molecule has 0 aliphatic heterocycles. The maximum atomic E-state index is 10.6. The molecule has 1 fully saturated rings. The topological polar surface area (TPSA) is 40.5 Å². The van der Waals surface area contributed by atoms with Crippen molar-refractivity contribution in [1.29, 1.82) is 0 Å². The van der Waals surface area contributed by atoms with Crippen molar-refractivity contribution in [3.05, 3.63) is 28.0 Å². The Morgan fingerprint density at radius 1 is 1.53 bits per heavy atom. The Morgan fingerprint density at radius 3 is 2.95 bits per heavy atom. The van der Waals surface area contributed by atoms with Gasteiger partial charge in [0.15, 0.2) is 0 Å². The Bertz CT molecular complexity index is 447. The molecule has 19 heavy (non-hydrogen) atoms. The first-order chi connectivity index (χ1) is 9.15. The Kier molecular flexibility index (Phi) is 5.16. The number of hydrogen-bond acceptors (Lipinski definition) is 3. The monoisotopic (exact) mass is 279 g/mol. The van der Waals surface area contributed by atoms with Crippen molar-refractivity contribution in [2.75, 3.05) is 13.6 Å². The average molecular weight is 279 g/mol. The van der Waals surface area contributed by atoms with Gasteiger partial charge in [-0.2, -0.15) is 0 Å². The van der Waals surface area contributed by atoms with Crippen LogP contribution in [0.5, 0.6) is 0 Å². The molecular weight excluding hydrogens is 258 g/mol. The SMILES string of the molecule is CN(Cc1sccc1/C=C/C(=O)O)CC1CCCC1. The van der Waals surface area contributed by atoms with Crippen LogP contribution in [0.25, 0.3) is 6.08 Å². The highest BCUT2D eigenvalue weighted by Crippen LogP contribution is 2.26. The van der Waals surface area contributed by atoms with Crippen molar-refractivity contribution < 1.29 is 9.90 Å². The molecule has 104 valence electrons. The van der Waals surface area contributed by atoms with Crippen molar-refractivity contribution in [1.82, 2.24) is 4.90 Å². The average Bonchev–Trinajstić information content (AvgIpc) is 2.98. The molecule has 0 aromatic carbocycles. The van der Waals surface area contributed by atoms with Crippen LogP contribution in [0, 0.1) is 5.92 Å². The van der Waals surface area contributed by atoms with Crippen LogP contribution >= 0.6 is 11.3 Å². The van der Waals surface area contributed by atoms with E-state index in [0.717, 1.165) is 24.6 Å². The van der Waals surface area contributed by atoms with E-state index in [1.54, 1.807) is 17.4 Å². The number of carboxylic acid groups (broad SMARTS) is 1. The van der Waals surface area contributed by atoms with Gasteiger partial charge in [-0.05, 0) is 48.9 Å². The lowest BCUT2D eigenvalue weighted by Crippen LogP contribution is -2.23. The molecule has 1 N–H and O–H groups in total. The van der Waals surface area contributed by atoms with Gasteiger partial charge in [-0.25, -0.2) is 4.79 Å². The van der Waals surface area contributed by atoms with Crippen LogP contribution < -0.4 is 0 Å². The Labute approximate surface area is 118 Å². The smallest absolute Gasteiger partial charge is 0.328 e. The zero-order valence-corrected chi connectivity index (χ0v) is 12.2. The van der Waals surface area contributed by atoms with E-state index in [4.69, 9.17) is 5.11 Å². The van der Waals surface area contributed by atoms with Crippen molar-refractivity contribution in [2.45, 2.75) is 32.2 Å². The second-order valence-corrected chi connectivity index (χ2v) is 6.32. The molecule has 2 rings (SSSR count). The third kappa shape index (κ3) is 4.48. The minimum Gasteiger partial charge on any atom is -0.478 e. The van der Waals surface area contributed by atoms with Crippen LogP contribution in [-0.2, 0) is 11.3 Å². The molecule has 1 aliphatic rings. The lowest BCUT2D eigenvalue weighted by Gasteiger charge is -2.20. The van der Waals surface area contributed by atoms with E-state index in [-0.39, 0.29) is 0 Å². The van der Waals surface area contributed by atoms with Gasteiger partial charge in [0.1, 0.15) is 0 Å². The minimum atomic E-state index is -0.892. The highest BCUT2D eigenvalue weighted by Gasteiger charge is 2.17. The molecule has 0 unspecified atom stereocenters. The summed E-state index contributed by atoms with van der Waals surface area (Å²) >= 11 is 1.70. The fraction of sp³-hybridized carbons (Fsp3) is 0.533. The second kappa shape index (κ2) is 6.87. The summed E-state index contributed by atoms with van der Waals surface area (Å²) in [6.45, 7) is 2.06. The van der Waals surface area contributed by atoms with Crippen LogP contribution in [0.2, 0.25) is 0 Å². The molecule has 1 aliphatic carbocycles. The summed E-state index contributed by atoms with van der Waals surface area (Å²) in [5, 5.41) is 10.7. The molecule has 0 radical (unpaired) electrons. The Hall–Kier alpha value is -1.13. The van der Waals surface area contributed by atoms with Gasteiger partial charge in [0.2, 0.25) is 0 Å². The number of rotatable bonds is 6. The van der Waals surface area contributed by atoms with Crippen LogP contribution in [0.4, 0.5) is 0 Å². The number of carbonyl (C=O) groups is 1. The van der Waals surface area contributed by atoms with E-state index in [1.807, 2.05) is 11.4 Å². The van der Waals surface area contributed by atoms with Crippen LogP contribution in [0.3, 0.4) is 0 Å². The summed E-state index contributed by atoms with van der Waals surface area (Å²) in [6, 6.07) is 1.99. The van der Waals surface area contributed by atoms with Gasteiger partial charge in [-0.3, -0.25) is 0 Å². The van der Waals surface area contributed by atoms with E-state index in [1.165, 1.54) is 36.6 Å². The molecule has 0 atom stereocenters. The zero-order chi connectivity index (χ0) is 13.7. The number of aliphatic carboxylic acids is 1. The lowest BCUT2D eigenvalue weighted by molar-refractivity contribution is -0.131. The number of hydrogen-bond donors (Lipinski definition) is 1. The summed E-state index contributed by atoms with van der Waals surface area (Å²) in [5.41, 5.74) is 1.03. The number of carboxylic acids is 1. The molecule has 0 bridgehead atoms. The molecule has 3 nitrogen and oxygen atoms in total. The summed E-state index contributed by atoms with van der Waals surface area (Å²) < 4.78 is 0. The van der Waals surface area contributed by atoms with E-state index < -0.39 is 5.97 Å². The first-order valence-corrected chi connectivity index (χ1v) is 7.69. The third-order valence-electron chi connectivity index (χ3n) is 3.64. The number of nitrogens with zero attached hydrogens (tertiary/aromatic N) is 1. The van der Waals surface area contributed by atoms with Crippen LogP contribution in [0.15, 0.2) is 17.5 Å². The summed E-state index contributed by atoms with van der Waals surface area (Å²) in [5.74, 6) is -0.0422. The highest BCUT2D eigenvalue weighted by atomic mass is 32.1. The molecule has 1 aromatic heterocycles. The molecule has 1 heterocycles. The third-order valence-corrected chi connectivity index (χ3v) is 4.56. The molecule has 0 saturated heterocycles.